The maximum Gasteiger partial charge on any atom is -0.0292 e. The lowest BCUT2D eigenvalue weighted by atomic mass is 10.0. The van der Waals surface area contributed by atoms with Crippen LogP contribution in [-0.2, 0) is 0 Å². The molecule has 0 radical (unpaired) electrons. The fourth-order valence-electron chi connectivity index (χ4n) is 2.56. The number of rotatable bonds is 0. The lowest BCUT2D eigenvalue weighted by molar-refractivity contribution is 0.465. The highest BCUT2D eigenvalue weighted by Gasteiger charge is 2.58. The van der Waals surface area contributed by atoms with Gasteiger partial charge in [0.2, 0.25) is 0 Å². The Balaban J connectivity index is 0.000000405. The van der Waals surface area contributed by atoms with Crippen molar-refractivity contribution in [2.45, 2.75) is 33.1 Å². The zero-order valence-corrected chi connectivity index (χ0v) is 7.28. The number of hydrogen-bond acceptors (Lipinski definition) is 0. The molecule has 0 heterocycles. The van der Waals surface area contributed by atoms with Crippen molar-refractivity contribution in [1.29, 1.82) is 0 Å². The van der Waals surface area contributed by atoms with Crippen LogP contribution in [0.4, 0.5) is 0 Å². The van der Waals surface area contributed by atoms with E-state index in [2.05, 4.69) is 13.8 Å². The summed E-state index contributed by atoms with van der Waals surface area (Å²) < 4.78 is 0. The molecule has 2 saturated carbocycles. The third-order valence-corrected chi connectivity index (χ3v) is 3.32. The van der Waals surface area contributed by atoms with Gasteiger partial charge in [-0.15, -0.1) is 0 Å². The summed E-state index contributed by atoms with van der Waals surface area (Å²) in [4.78, 5) is 0. The summed E-state index contributed by atoms with van der Waals surface area (Å²) in [6.45, 7) is 4.84. The average molecular weight is 144 g/mol. The zero-order valence-electron chi connectivity index (χ0n) is 6.28. The molecule has 0 spiro atoms. The van der Waals surface area contributed by atoms with E-state index in [0.29, 0.717) is 0 Å². The topological polar surface area (TPSA) is 0 Å². The van der Waals surface area contributed by atoms with Gasteiger partial charge in [0, 0.05) is 0 Å². The van der Waals surface area contributed by atoms with Gasteiger partial charge in [-0.05, 0) is 30.1 Å². The second kappa shape index (κ2) is 1.91. The molecule has 2 rings (SSSR count). The third kappa shape index (κ3) is 0.813. The Bertz CT molecular complexity index is 106. The Morgan fingerprint density at radius 3 is 1.78 bits per heavy atom. The molecule has 1 heteroatoms. The van der Waals surface area contributed by atoms with Crippen LogP contribution in [0.1, 0.15) is 33.1 Å². The molecule has 2 unspecified atom stereocenters. The van der Waals surface area contributed by atoms with E-state index in [4.69, 9.17) is 0 Å². The molecular weight excluding hydrogens is 128 g/mol. The molecular formula is C8H16S. The first-order chi connectivity index (χ1) is 3.73. The summed E-state index contributed by atoms with van der Waals surface area (Å²) in [5, 5.41) is 0. The highest BCUT2D eigenvalue weighted by Crippen LogP contribution is 2.66. The third-order valence-electron chi connectivity index (χ3n) is 3.32. The minimum absolute atomic E-state index is 0. The predicted molar refractivity (Wildman–Crippen MR) is 45.0 cm³/mol. The first-order valence-electron chi connectivity index (χ1n) is 3.73. The molecule has 2 aliphatic carbocycles. The number of hydrogen-bond donors (Lipinski definition) is 0. The molecule has 0 aliphatic heterocycles. The van der Waals surface area contributed by atoms with Crippen LogP contribution < -0.4 is 0 Å². The summed E-state index contributed by atoms with van der Waals surface area (Å²) in [5.41, 5.74) is 0.762. The quantitative estimate of drug-likeness (QED) is 0.490. The Morgan fingerprint density at radius 2 is 1.56 bits per heavy atom. The molecule has 0 aromatic heterocycles. The first kappa shape index (κ1) is 7.46. The zero-order chi connectivity index (χ0) is 5.78. The van der Waals surface area contributed by atoms with Gasteiger partial charge < -0.3 is 0 Å². The maximum atomic E-state index is 2.42. The molecule has 0 nitrogen and oxygen atoms in total. The van der Waals surface area contributed by atoms with Gasteiger partial charge in [0.1, 0.15) is 0 Å². The fourth-order valence-corrected chi connectivity index (χ4v) is 2.56. The minimum Gasteiger partial charge on any atom is -0.197 e. The molecule has 9 heavy (non-hydrogen) atoms. The van der Waals surface area contributed by atoms with E-state index >= 15 is 0 Å². The van der Waals surface area contributed by atoms with Crippen LogP contribution >= 0.6 is 13.5 Å². The van der Waals surface area contributed by atoms with E-state index in [9.17, 15) is 0 Å². The van der Waals surface area contributed by atoms with Crippen LogP contribution in [0.15, 0.2) is 0 Å². The van der Waals surface area contributed by atoms with E-state index in [0.717, 1.165) is 17.3 Å². The maximum absolute atomic E-state index is 2.42. The van der Waals surface area contributed by atoms with Gasteiger partial charge in [-0.2, -0.15) is 13.5 Å². The van der Waals surface area contributed by atoms with Crippen molar-refractivity contribution in [3.63, 3.8) is 0 Å². The van der Waals surface area contributed by atoms with Crippen LogP contribution in [0, 0.1) is 17.3 Å². The van der Waals surface area contributed by atoms with Crippen molar-refractivity contribution in [3.05, 3.63) is 0 Å². The monoisotopic (exact) mass is 144 g/mol. The van der Waals surface area contributed by atoms with Gasteiger partial charge >= 0.3 is 0 Å². The van der Waals surface area contributed by atoms with Crippen molar-refractivity contribution in [3.8, 4) is 0 Å². The van der Waals surface area contributed by atoms with Crippen molar-refractivity contribution in [2.75, 3.05) is 0 Å². The van der Waals surface area contributed by atoms with Crippen LogP contribution in [0.3, 0.4) is 0 Å². The van der Waals surface area contributed by atoms with Crippen LogP contribution in [0.5, 0.6) is 0 Å². The van der Waals surface area contributed by atoms with Crippen LogP contribution in [0.25, 0.3) is 0 Å². The van der Waals surface area contributed by atoms with Crippen molar-refractivity contribution in [1.82, 2.24) is 0 Å². The molecule has 0 amide bonds. The Morgan fingerprint density at radius 1 is 1.11 bits per heavy atom. The molecule has 2 atom stereocenters. The van der Waals surface area contributed by atoms with Gasteiger partial charge in [-0.1, -0.05) is 20.3 Å². The van der Waals surface area contributed by atoms with Crippen molar-refractivity contribution < 1.29 is 0 Å². The molecule has 2 fully saturated rings. The van der Waals surface area contributed by atoms with E-state index in [1.54, 1.807) is 0 Å². The highest BCUT2D eigenvalue weighted by atomic mass is 32.1. The van der Waals surface area contributed by atoms with E-state index in [1.807, 2.05) is 0 Å². The Hall–Kier alpha value is 0.350. The SMILES string of the molecule is CC1(C)C2CCCC21.S. The van der Waals surface area contributed by atoms with Crippen LogP contribution in [-0.4, -0.2) is 0 Å². The van der Waals surface area contributed by atoms with E-state index < -0.39 is 0 Å². The fraction of sp³-hybridized carbons (Fsp3) is 1.00. The Kier molecular flexibility index (Phi) is 1.59. The first-order valence-corrected chi connectivity index (χ1v) is 3.73. The molecule has 2 aliphatic rings. The minimum atomic E-state index is 0. The van der Waals surface area contributed by atoms with Crippen LogP contribution in [0.2, 0.25) is 0 Å². The standard InChI is InChI=1S/C8H14.H2S/c1-8(2)6-4-3-5-7(6)8;/h6-7H,3-5H2,1-2H3;1H2. The molecule has 0 aromatic carbocycles. The number of fused-ring (bicyclic) bond motifs is 1. The summed E-state index contributed by atoms with van der Waals surface area (Å²) in [6.07, 6.45) is 4.56. The largest absolute Gasteiger partial charge is 0.197 e. The second-order valence-electron chi connectivity index (χ2n) is 3.97. The second-order valence-corrected chi connectivity index (χ2v) is 3.97. The summed E-state index contributed by atoms with van der Waals surface area (Å²) in [5.74, 6) is 2.25. The van der Waals surface area contributed by atoms with E-state index in [1.165, 1.54) is 19.3 Å². The van der Waals surface area contributed by atoms with Crippen molar-refractivity contribution >= 4 is 13.5 Å². The van der Waals surface area contributed by atoms with Crippen molar-refractivity contribution in [2.24, 2.45) is 17.3 Å². The predicted octanol–water partition coefficient (Wildman–Crippen LogP) is 2.56. The van der Waals surface area contributed by atoms with E-state index in [-0.39, 0.29) is 13.5 Å². The smallest absolute Gasteiger partial charge is 0.0292 e. The molecule has 0 bridgehead atoms. The Labute approximate surface area is 64.5 Å². The summed E-state index contributed by atoms with van der Waals surface area (Å²) in [6, 6.07) is 0. The molecule has 0 saturated heterocycles. The molecule has 0 aromatic rings. The highest BCUT2D eigenvalue weighted by molar-refractivity contribution is 7.59. The summed E-state index contributed by atoms with van der Waals surface area (Å²) >= 11 is 0. The van der Waals surface area contributed by atoms with Gasteiger partial charge in [-0.25, -0.2) is 0 Å². The van der Waals surface area contributed by atoms with Gasteiger partial charge in [-0.3, -0.25) is 0 Å². The van der Waals surface area contributed by atoms with Gasteiger partial charge in [0.05, 0.1) is 0 Å². The van der Waals surface area contributed by atoms with Gasteiger partial charge in [0.25, 0.3) is 0 Å². The molecule has 0 N–H and O–H groups in total. The lowest BCUT2D eigenvalue weighted by Crippen LogP contribution is -1.94. The van der Waals surface area contributed by atoms with Gasteiger partial charge in [0.15, 0.2) is 0 Å². The summed E-state index contributed by atoms with van der Waals surface area (Å²) in [7, 11) is 0. The molecule has 54 valence electrons. The average Bonchev–Trinajstić information content (AvgIpc) is 2.22. The normalized spacial score (nSPS) is 43.3. The lowest BCUT2D eigenvalue weighted by Gasteiger charge is -2.04.